The van der Waals surface area contributed by atoms with Gasteiger partial charge in [0.15, 0.2) is 0 Å². The van der Waals surface area contributed by atoms with Crippen LogP contribution >= 0.6 is 11.3 Å². The maximum Gasteiger partial charge on any atom is 0.264 e. The predicted molar refractivity (Wildman–Crippen MR) is 96.5 cm³/mol. The summed E-state index contributed by atoms with van der Waals surface area (Å²) >= 11 is 1.55. The van der Waals surface area contributed by atoms with Gasteiger partial charge in [-0.1, -0.05) is 13.8 Å². The Balaban J connectivity index is 1.45. The maximum absolute atomic E-state index is 12.7. The number of carbonyl (C=O) groups is 2. The molecule has 2 fully saturated rings. The highest BCUT2D eigenvalue weighted by Gasteiger charge is 2.26. The SMILES string of the molecule is CC(C)c1ccsc1C(=O)N1CCN(CCC(=O)NC2CC2)CC1. The largest absolute Gasteiger partial charge is 0.353 e. The summed E-state index contributed by atoms with van der Waals surface area (Å²) in [6.45, 7) is 8.25. The summed E-state index contributed by atoms with van der Waals surface area (Å²) in [7, 11) is 0. The van der Waals surface area contributed by atoms with E-state index in [1.165, 1.54) is 0 Å². The van der Waals surface area contributed by atoms with E-state index in [2.05, 4.69) is 30.1 Å². The van der Waals surface area contributed by atoms with E-state index in [9.17, 15) is 9.59 Å². The van der Waals surface area contributed by atoms with Crippen molar-refractivity contribution in [1.82, 2.24) is 15.1 Å². The summed E-state index contributed by atoms with van der Waals surface area (Å²) < 4.78 is 0. The van der Waals surface area contributed by atoms with Crippen LogP contribution in [0, 0.1) is 0 Å². The normalized spacial score (nSPS) is 18.9. The highest BCUT2D eigenvalue weighted by Crippen LogP contribution is 2.26. The second-order valence-corrected chi connectivity index (χ2v) is 8.00. The Labute approximate surface area is 148 Å². The van der Waals surface area contributed by atoms with Crippen molar-refractivity contribution >= 4 is 23.2 Å². The summed E-state index contributed by atoms with van der Waals surface area (Å²) in [6, 6.07) is 2.50. The molecule has 0 atom stereocenters. The van der Waals surface area contributed by atoms with Crippen LogP contribution in [0.4, 0.5) is 0 Å². The van der Waals surface area contributed by atoms with Gasteiger partial charge in [0, 0.05) is 45.2 Å². The lowest BCUT2D eigenvalue weighted by Gasteiger charge is -2.34. The van der Waals surface area contributed by atoms with Crippen molar-refractivity contribution in [3.8, 4) is 0 Å². The average molecular weight is 350 g/mol. The molecule has 1 aromatic rings. The van der Waals surface area contributed by atoms with E-state index in [0.717, 1.165) is 56.0 Å². The third kappa shape index (κ3) is 4.36. The van der Waals surface area contributed by atoms with Gasteiger partial charge in [-0.2, -0.15) is 0 Å². The van der Waals surface area contributed by atoms with Gasteiger partial charge in [-0.05, 0) is 35.8 Å². The number of rotatable bonds is 6. The van der Waals surface area contributed by atoms with Gasteiger partial charge in [0.2, 0.25) is 5.91 Å². The van der Waals surface area contributed by atoms with Crippen LogP contribution in [0.2, 0.25) is 0 Å². The minimum absolute atomic E-state index is 0.163. The van der Waals surface area contributed by atoms with Gasteiger partial charge < -0.3 is 10.2 Å². The molecule has 132 valence electrons. The Morgan fingerprint density at radius 3 is 2.58 bits per heavy atom. The van der Waals surface area contributed by atoms with Crippen LogP contribution in [0.15, 0.2) is 11.4 Å². The molecule has 6 heteroatoms. The molecule has 0 bridgehead atoms. The van der Waals surface area contributed by atoms with Crippen molar-refractivity contribution in [3.05, 3.63) is 21.9 Å². The molecular weight excluding hydrogens is 322 g/mol. The van der Waals surface area contributed by atoms with Crippen molar-refractivity contribution in [2.24, 2.45) is 0 Å². The van der Waals surface area contributed by atoms with E-state index in [-0.39, 0.29) is 11.8 Å². The second-order valence-electron chi connectivity index (χ2n) is 7.09. The number of carbonyl (C=O) groups excluding carboxylic acids is 2. The lowest BCUT2D eigenvalue weighted by Crippen LogP contribution is -2.49. The van der Waals surface area contributed by atoms with Crippen molar-refractivity contribution < 1.29 is 9.59 Å². The molecule has 0 aromatic carbocycles. The van der Waals surface area contributed by atoms with E-state index in [0.29, 0.717) is 18.4 Å². The van der Waals surface area contributed by atoms with Crippen LogP contribution in [0.1, 0.15) is 54.3 Å². The number of nitrogens with one attached hydrogen (secondary N) is 1. The van der Waals surface area contributed by atoms with Crippen molar-refractivity contribution in [3.63, 3.8) is 0 Å². The van der Waals surface area contributed by atoms with Crippen molar-refractivity contribution in [2.75, 3.05) is 32.7 Å². The van der Waals surface area contributed by atoms with E-state index in [1.807, 2.05) is 10.3 Å². The summed E-state index contributed by atoms with van der Waals surface area (Å²) in [5, 5.41) is 5.04. The standard InChI is InChI=1S/C18H27N3O2S/c1-13(2)15-6-12-24-17(15)18(23)21-10-8-20(9-11-21)7-5-16(22)19-14-3-4-14/h6,12-14H,3-5,7-11H2,1-2H3,(H,19,22). The second kappa shape index (κ2) is 7.66. The fraction of sp³-hybridized carbons (Fsp3) is 0.667. The average Bonchev–Trinajstić information content (AvgIpc) is 3.24. The topological polar surface area (TPSA) is 52.7 Å². The first-order valence-electron chi connectivity index (χ1n) is 8.93. The Bertz CT molecular complexity index is 587. The molecule has 2 amide bonds. The molecule has 1 saturated heterocycles. The molecule has 2 aliphatic rings. The fourth-order valence-corrected chi connectivity index (χ4v) is 4.07. The van der Waals surface area contributed by atoms with Gasteiger partial charge in [0.25, 0.3) is 5.91 Å². The van der Waals surface area contributed by atoms with E-state index in [1.54, 1.807) is 11.3 Å². The molecule has 24 heavy (non-hydrogen) atoms. The van der Waals surface area contributed by atoms with Crippen molar-refractivity contribution in [2.45, 2.75) is 45.1 Å². The van der Waals surface area contributed by atoms with Gasteiger partial charge in [-0.15, -0.1) is 11.3 Å². The predicted octanol–water partition coefficient (Wildman–Crippen LogP) is 2.30. The molecule has 5 nitrogen and oxygen atoms in total. The molecule has 0 spiro atoms. The summed E-state index contributed by atoms with van der Waals surface area (Å²) in [5.74, 6) is 0.706. The number of hydrogen-bond donors (Lipinski definition) is 1. The molecule has 1 aliphatic carbocycles. The van der Waals surface area contributed by atoms with Crippen LogP contribution < -0.4 is 5.32 Å². The minimum Gasteiger partial charge on any atom is -0.353 e. The van der Waals surface area contributed by atoms with E-state index >= 15 is 0 Å². The highest BCUT2D eigenvalue weighted by molar-refractivity contribution is 7.12. The van der Waals surface area contributed by atoms with Crippen LogP contribution in [0.3, 0.4) is 0 Å². The zero-order chi connectivity index (χ0) is 17.1. The molecule has 1 saturated carbocycles. The number of piperazine rings is 1. The lowest BCUT2D eigenvalue weighted by molar-refractivity contribution is -0.121. The molecule has 1 N–H and O–H groups in total. The van der Waals surface area contributed by atoms with Gasteiger partial charge in [-0.25, -0.2) is 0 Å². The number of nitrogens with zero attached hydrogens (tertiary/aromatic N) is 2. The first-order valence-corrected chi connectivity index (χ1v) is 9.81. The summed E-state index contributed by atoms with van der Waals surface area (Å²) in [5.41, 5.74) is 1.16. The molecule has 1 aliphatic heterocycles. The monoisotopic (exact) mass is 349 g/mol. The number of thiophene rings is 1. The summed E-state index contributed by atoms with van der Waals surface area (Å²) in [4.78, 5) is 29.6. The third-order valence-electron chi connectivity index (χ3n) is 4.77. The van der Waals surface area contributed by atoms with Crippen LogP contribution in [0.25, 0.3) is 0 Å². The number of hydrogen-bond acceptors (Lipinski definition) is 4. The number of amides is 2. The summed E-state index contributed by atoms with van der Waals surface area (Å²) in [6.07, 6.45) is 2.83. The van der Waals surface area contributed by atoms with Crippen LogP contribution in [-0.2, 0) is 4.79 Å². The zero-order valence-corrected chi connectivity index (χ0v) is 15.4. The highest BCUT2D eigenvalue weighted by atomic mass is 32.1. The first kappa shape index (κ1) is 17.4. The Morgan fingerprint density at radius 1 is 1.25 bits per heavy atom. The molecule has 1 aromatic heterocycles. The first-order chi connectivity index (χ1) is 11.5. The van der Waals surface area contributed by atoms with Crippen LogP contribution in [-0.4, -0.2) is 60.4 Å². The minimum atomic E-state index is 0.163. The van der Waals surface area contributed by atoms with E-state index in [4.69, 9.17) is 0 Å². The van der Waals surface area contributed by atoms with Gasteiger partial charge >= 0.3 is 0 Å². The molecule has 0 unspecified atom stereocenters. The zero-order valence-electron chi connectivity index (χ0n) is 14.6. The quantitative estimate of drug-likeness (QED) is 0.857. The smallest absolute Gasteiger partial charge is 0.264 e. The lowest BCUT2D eigenvalue weighted by atomic mass is 10.0. The fourth-order valence-electron chi connectivity index (χ4n) is 3.05. The molecule has 0 radical (unpaired) electrons. The molecule has 2 heterocycles. The van der Waals surface area contributed by atoms with E-state index < -0.39 is 0 Å². The van der Waals surface area contributed by atoms with Gasteiger partial charge in [0.05, 0.1) is 4.88 Å². The Kier molecular flexibility index (Phi) is 5.56. The van der Waals surface area contributed by atoms with Gasteiger partial charge in [0.1, 0.15) is 0 Å². The van der Waals surface area contributed by atoms with Crippen LogP contribution in [0.5, 0.6) is 0 Å². The Morgan fingerprint density at radius 2 is 1.96 bits per heavy atom. The molecular formula is C18H27N3O2S. The maximum atomic E-state index is 12.7. The van der Waals surface area contributed by atoms with Gasteiger partial charge in [-0.3, -0.25) is 14.5 Å². The molecule has 3 rings (SSSR count). The third-order valence-corrected chi connectivity index (χ3v) is 5.69. The van der Waals surface area contributed by atoms with Crippen molar-refractivity contribution in [1.29, 1.82) is 0 Å². The Hall–Kier alpha value is -1.40.